The molecule has 7 aromatic rings. The number of allylic oxidation sites excluding steroid dienone is 7. The number of hydrogen-bond acceptors (Lipinski definition) is 2. The summed E-state index contributed by atoms with van der Waals surface area (Å²) in [5, 5.41) is 3.92. The van der Waals surface area contributed by atoms with E-state index in [-0.39, 0.29) is 0 Å². The molecule has 306 valence electrons. The van der Waals surface area contributed by atoms with E-state index >= 15 is 0 Å². The topological polar surface area (TPSA) is 61.9 Å². The lowest BCUT2D eigenvalue weighted by atomic mass is 9.73. The number of nitrogens with two attached hydrogens (primary N) is 2. The number of aryl methyl sites for hydroxylation is 8. The molecule has 2 aliphatic rings. The van der Waals surface area contributed by atoms with Gasteiger partial charge in [0.15, 0.2) is 0 Å². The van der Waals surface area contributed by atoms with Gasteiger partial charge in [0.2, 0.25) is 0 Å². The summed E-state index contributed by atoms with van der Waals surface area (Å²) >= 11 is 0. The average Bonchev–Trinajstić information content (AvgIpc) is 3.72. The summed E-state index contributed by atoms with van der Waals surface area (Å²) < 4.78 is 5.00. The SMILES string of the molecule is C/C=C\c1c(/C=C/c2cc(C)cc(C)c2)c2cc3c4c(c2n1C(/C=C\N)=C/CC)CCc1cc2c5cc(-c6cc(C)cc(C)c6)ccc5n(C(/C=C\N)=C/CC)c2c(c1-4)CC3. The summed E-state index contributed by atoms with van der Waals surface area (Å²) in [7, 11) is 0. The molecule has 2 aromatic heterocycles. The van der Waals surface area contributed by atoms with Gasteiger partial charge >= 0.3 is 0 Å². The molecule has 0 unspecified atom stereocenters. The fraction of sp³-hybridized carbons (Fsp3) is 0.228. The van der Waals surface area contributed by atoms with Crippen molar-refractivity contribution in [2.75, 3.05) is 0 Å². The third-order valence-electron chi connectivity index (χ3n) is 12.7. The zero-order valence-corrected chi connectivity index (χ0v) is 36.9. The van der Waals surface area contributed by atoms with Gasteiger partial charge in [0.25, 0.3) is 0 Å². The summed E-state index contributed by atoms with van der Waals surface area (Å²) in [5.74, 6) is 0. The van der Waals surface area contributed by atoms with Crippen LogP contribution in [0.5, 0.6) is 0 Å². The van der Waals surface area contributed by atoms with E-state index < -0.39 is 0 Å². The van der Waals surface area contributed by atoms with E-state index in [1.807, 2.05) is 0 Å². The van der Waals surface area contributed by atoms with Gasteiger partial charge in [-0.25, -0.2) is 0 Å². The molecule has 2 aliphatic carbocycles. The summed E-state index contributed by atoms with van der Waals surface area (Å²) in [6.07, 6.45) is 26.9. The summed E-state index contributed by atoms with van der Waals surface area (Å²) in [6.45, 7) is 15.3. The smallest absolute Gasteiger partial charge is 0.0579 e. The highest BCUT2D eigenvalue weighted by molar-refractivity contribution is 6.15. The average molecular weight is 799 g/mol. The monoisotopic (exact) mass is 798 g/mol. The minimum absolute atomic E-state index is 0.897. The number of aromatic nitrogens is 2. The van der Waals surface area contributed by atoms with Crippen molar-refractivity contribution in [3.63, 3.8) is 0 Å². The highest BCUT2D eigenvalue weighted by Crippen LogP contribution is 2.51. The maximum atomic E-state index is 6.22. The van der Waals surface area contributed by atoms with E-state index in [2.05, 4.69) is 173 Å². The number of nitrogens with zero attached hydrogens (tertiary/aromatic N) is 2. The molecule has 0 spiro atoms. The minimum Gasteiger partial charge on any atom is -0.405 e. The van der Waals surface area contributed by atoms with Crippen LogP contribution in [0, 0.1) is 27.7 Å². The summed E-state index contributed by atoms with van der Waals surface area (Å²) in [5.41, 5.74) is 38.4. The molecule has 4 N–H and O–H groups in total. The van der Waals surface area contributed by atoms with Crippen LogP contribution < -0.4 is 11.5 Å². The fourth-order valence-corrected chi connectivity index (χ4v) is 10.7. The number of fused-ring (bicyclic) bond motifs is 6. The van der Waals surface area contributed by atoms with Gasteiger partial charge < -0.3 is 20.6 Å². The molecule has 0 amide bonds. The van der Waals surface area contributed by atoms with Crippen molar-refractivity contribution < 1.29 is 0 Å². The molecule has 4 nitrogen and oxygen atoms in total. The quantitative estimate of drug-likeness (QED) is 0.135. The number of hydrogen-bond donors (Lipinski definition) is 2. The van der Waals surface area contributed by atoms with Gasteiger partial charge in [-0.2, -0.15) is 0 Å². The molecular weight excluding hydrogens is 741 g/mol. The van der Waals surface area contributed by atoms with E-state index in [1.165, 1.54) is 116 Å². The van der Waals surface area contributed by atoms with Crippen molar-refractivity contribution in [1.29, 1.82) is 0 Å². The molecule has 0 bridgehead atoms. The second kappa shape index (κ2) is 16.2. The van der Waals surface area contributed by atoms with Crippen molar-refractivity contribution in [3.05, 3.63) is 171 Å². The Bertz CT molecular complexity index is 3070. The lowest BCUT2D eigenvalue weighted by molar-refractivity contribution is 0.883. The van der Waals surface area contributed by atoms with Gasteiger partial charge in [0, 0.05) is 33.1 Å². The third kappa shape index (κ3) is 6.79. The Morgan fingerprint density at radius 1 is 0.574 bits per heavy atom. The van der Waals surface area contributed by atoms with Gasteiger partial charge in [0.1, 0.15) is 0 Å². The fourth-order valence-electron chi connectivity index (χ4n) is 10.7. The largest absolute Gasteiger partial charge is 0.405 e. The molecule has 2 heterocycles. The maximum Gasteiger partial charge on any atom is 0.0579 e. The predicted octanol–water partition coefficient (Wildman–Crippen LogP) is 14.2. The number of rotatable bonds is 10. The van der Waals surface area contributed by atoms with Gasteiger partial charge in [-0.1, -0.05) is 109 Å². The molecule has 0 radical (unpaired) electrons. The number of benzene rings is 5. The second-order valence-electron chi connectivity index (χ2n) is 17.2. The standard InChI is InChI=1S/C57H58N4/c1-8-11-44(22-24-58)60-52(13-10-3)46(18-14-39-28-35(4)26-36(5)29-39)50-33-41-15-20-48-55-42(16-19-47(54(41)55)56(50)60)34-51-49-32-40(43-30-37(6)27-38(7)31-43)17-21-53(49)61(57(48)51)45(12-9-2)23-25-59/h10-14,17-18,21-34H,8-9,15-16,19-20,58-59H2,1-7H3/b13-10-,18-14+,24-22-,25-23-,44-11+,45-12+. The Balaban J connectivity index is 1.37. The molecule has 4 heteroatoms. The first-order chi connectivity index (χ1) is 29.7. The van der Waals surface area contributed by atoms with Crippen molar-refractivity contribution in [2.24, 2.45) is 11.5 Å². The van der Waals surface area contributed by atoms with Crippen LogP contribution >= 0.6 is 0 Å². The van der Waals surface area contributed by atoms with E-state index in [9.17, 15) is 0 Å². The molecule has 0 atom stereocenters. The molecular formula is C57H58N4. The molecule has 61 heavy (non-hydrogen) atoms. The third-order valence-corrected chi connectivity index (χ3v) is 12.7. The van der Waals surface area contributed by atoms with Gasteiger partial charge in [-0.05, 0) is 178 Å². The van der Waals surface area contributed by atoms with Crippen LogP contribution in [0.15, 0.2) is 110 Å². The molecule has 0 fully saturated rings. The van der Waals surface area contributed by atoms with E-state index in [0.29, 0.717) is 0 Å². The molecule has 0 saturated carbocycles. The van der Waals surface area contributed by atoms with Crippen LogP contribution in [-0.4, -0.2) is 9.13 Å². The highest BCUT2D eigenvalue weighted by atomic mass is 15.0. The second-order valence-corrected chi connectivity index (χ2v) is 17.2. The Morgan fingerprint density at radius 2 is 1.13 bits per heavy atom. The normalized spacial score (nSPS) is 14.4. The lowest BCUT2D eigenvalue weighted by Crippen LogP contribution is -2.16. The van der Waals surface area contributed by atoms with Crippen LogP contribution in [0.2, 0.25) is 0 Å². The lowest BCUT2D eigenvalue weighted by Gasteiger charge is -2.31. The van der Waals surface area contributed by atoms with Crippen LogP contribution in [0.4, 0.5) is 0 Å². The highest BCUT2D eigenvalue weighted by Gasteiger charge is 2.33. The Kier molecular flexibility index (Phi) is 10.6. The summed E-state index contributed by atoms with van der Waals surface area (Å²) in [4.78, 5) is 0. The van der Waals surface area contributed by atoms with Crippen LogP contribution in [0.3, 0.4) is 0 Å². The summed E-state index contributed by atoms with van der Waals surface area (Å²) in [6, 6.07) is 25.8. The molecule has 0 saturated heterocycles. The Labute approximate surface area is 361 Å². The van der Waals surface area contributed by atoms with Crippen molar-refractivity contribution in [3.8, 4) is 22.3 Å². The Hall–Kier alpha value is -6.52. The Morgan fingerprint density at radius 3 is 1.70 bits per heavy atom. The van der Waals surface area contributed by atoms with Crippen molar-refractivity contribution in [2.45, 2.75) is 87.0 Å². The van der Waals surface area contributed by atoms with Gasteiger partial charge in [-0.15, -0.1) is 0 Å². The van der Waals surface area contributed by atoms with E-state index in [1.54, 1.807) is 12.4 Å². The van der Waals surface area contributed by atoms with Crippen molar-refractivity contribution in [1.82, 2.24) is 9.13 Å². The van der Waals surface area contributed by atoms with E-state index in [4.69, 9.17) is 11.5 Å². The predicted molar refractivity (Wildman–Crippen MR) is 265 cm³/mol. The zero-order valence-electron chi connectivity index (χ0n) is 36.9. The zero-order chi connectivity index (χ0) is 42.5. The van der Waals surface area contributed by atoms with Crippen LogP contribution in [0.25, 0.3) is 84.6 Å². The first-order valence-electron chi connectivity index (χ1n) is 22.2. The minimum atomic E-state index is 0.897. The van der Waals surface area contributed by atoms with Gasteiger partial charge in [0.05, 0.1) is 22.2 Å². The maximum absolute atomic E-state index is 6.22. The molecule has 0 aliphatic heterocycles. The van der Waals surface area contributed by atoms with E-state index in [0.717, 1.165) is 49.9 Å². The molecule has 5 aromatic carbocycles. The van der Waals surface area contributed by atoms with Crippen molar-refractivity contribution >= 4 is 62.3 Å². The van der Waals surface area contributed by atoms with Gasteiger partial charge in [-0.3, -0.25) is 0 Å². The first kappa shape index (κ1) is 39.9. The first-order valence-corrected chi connectivity index (χ1v) is 22.2. The van der Waals surface area contributed by atoms with Crippen LogP contribution in [0.1, 0.15) is 94.9 Å². The molecule has 9 rings (SSSR count). The van der Waals surface area contributed by atoms with Crippen LogP contribution in [-0.2, 0) is 25.7 Å².